The Morgan fingerprint density at radius 2 is 1.45 bits per heavy atom. The minimum absolute atomic E-state index is 0.00479. The molecule has 1 aromatic heterocycles. The van der Waals surface area contributed by atoms with E-state index in [1.54, 1.807) is 18.3 Å². The van der Waals surface area contributed by atoms with Crippen LogP contribution in [-0.2, 0) is 36.8 Å². The number of carbonyl (C=O) groups is 5. The maximum Gasteiger partial charge on any atom is 0.327 e. The summed E-state index contributed by atoms with van der Waals surface area (Å²) in [5, 5.41) is 36.1. The number of nitrogens with two attached hydrogens (primary N) is 1. The Bertz CT molecular complexity index is 1430. The van der Waals surface area contributed by atoms with Crippen LogP contribution in [0.5, 0.6) is 5.75 Å². The predicted octanol–water partition coefficient (Wildman–Crippen LogP) is 0.320. The molecular weight excluding hydrogens is 566 g/mol. The maximum absolute atomic E-state index is 13.5. The Hall–Kier alpha value is -4.56. The van der Waals surface area contributed by atoms with Crippen molar-refractivity contribution in [3.63, 3.8) is 0 Å². The number of fused-ring (bicyclic) bond motifs is 1. The highest BCUT2D eigenvalue weighted by molar-refractivity contribution is 7.80. The first-order valence-corrected chi connectivity index (χ1v) is 13.7. The first-order valence-electron chi connectivity index (χ1n) is 13.0. The predicted molar refractivity (Wildman–Crippen MR) is 156 cm³/mol. The summed E-state index contributed by atoms with van der Waals surface area (Å²) in [6.45, 7) is 0. The van der Waals surface area contributed by atoms with Gasteiger partial charge in [0.2, 0.25) is 17.7 Å². The molecule has 0 fully saturated rings. The third-order valence-electron chi connectivity index (χ3n) is 6.54. The highest BCUT2D eigenvalue weighted by atomic mass is 32.1. The average molecular weight is 600 g/mol. The lowest BCUT2D eigenvalue weighted by atomic mass is 10.0. The van der Waals surface area contributed by atoms with Gasteiger partial charge in [-0.05, 0) is 42.2 Å². The molecule has 0 aliphatic carbocycles. The summed E-state index contributed by atoms with van der Waals surface area (Å²) in [4.78, 5) is 65.2. The molecule has 4 atom stereocenters. The third kappa shape index (κ3) is 8.97. The van der Waals surface area contributed by atoms with E-state index in [0.29, 0.717) is 11.1 Å². The summed E-state index contributed by atoms with van der Waals surface area (Å²) in [5.41, 5.74) is 8.28. The Labute approximate surface area is 246 Å². The number of nitrogens with one attached hydrogen (secondary N) is 4. The van der Waals surface area contributed by atoms with Gasteiger partial charge in [-0.1, -0.05) is 30.3 Å². The fourth-order valence-corrected chi connectivity index (χ4v) is 4.50. The first kappa shape index (κ1) is 32.0. The largest absolute Gasteiger partial charge is 0.508 e. The molecule has 9 N–H and O–H groups in total. The van der Waals surface area contributed by atoms with Gasteiger partial charge in [0.1, 0.15) is 23.9 Å². The molecule has 0 saturated carbocycles. The summed E-state index contributed by atoms with van der Waals surface area (Å²) >= 11 is 3.91. The molecule has 0 aliphatic rings. The normalized spacial score (nSPS) is 13.9. The van der Waals surface area contributed by atoms with Crippen LogP contribution in [0.25, 0.3) is 10.9 Å². The summed E-state index contributed by atoms with van der Waals surface area (Å²) in [7, 11) is 0. The monoisotopic (exact) mass is 599 g/mol. The van der Waals surface area contributed by atoms with Crippen LogP contribution in [0.2, 0.25) is 0 Å². The molecule has 3 amide bonds. The molecule has 1 heterocycles. The first-order chi connectivity index (χ1) is 20.0. The standard InChI is InChI=1S/C28H33N5O8S/c29-19(11-15-5-7-17(34)8-6-15)25(37)32-22(12-16-13-30-20-4-2-1-3-18(16)20)27(39)31-21(9-10-24(35)36)26(38)33-23(14-42)28(40)41/h1-8,13,19,21-23,30,34,42H,9-12,14,29H2,(H,31,39)(H,32,37)(H,33,38)(H,35,36)(H,40,41). The lowest BCUT2D eigenvalue weighted by Gasteiger charge is -2.25. The van der Waals surface area contributed by atoms with Crippen molar-refractivity contribution >= 4 is 53.2 Å². The number of carboxylic acid groups (broad SMARTS) is 2. The van der Waals surface area contributed by atoms with Crippen molar-refractivity contribution in [2.24, 2.45) is 5.73 Å². The lowest BCUT2D eigenvalue weighted by molar-refractivity contribution is -0.142. The molecule has 0 bridgehead atoms. The number of phenols is 1. The van der Waals surface area contributed by atoms with E-state index in [2.05, 4.69) is 33.6 Å². The Balaban J connectivity index is 1.83. The number of para-hydroxylation sites is 1. The van der Waals surface area contributed by atoms with Gasteiger partial charge in [-0.3, -0.25) is 19.2 Å². The molecule has 224 valence electrons. The number of H-pyrrole nitrogens is 1. The third-order valence-corrected chi connectivity index (χ3v) is 6.90. The van der Waals surface area contributed by atoms with Crippen LogP contribution in [0.4, 0.5) is 0 Å². The zero-order valence-corrected chi connectivity index (χ0v) is 23.3. The van der Waals surface area contributed by atoms with Gasteiger partial charge in [0.15, 0.2) is 0 Å². The second-order valence-corrected chi connectivity index (χ2v) is 10.0. The van der Waals surface area contributed by atoms with Crippen LogP contribution in [-0.4, -0.2) is 79.9 Å². The van der Waals surface area contributed by atoms with E-state index in [4.69, 9.17) is 10.8 Å². The summed E-state index contributed by atoms with van der Waals surface area (Å²) in [6.07, 6.45) is 0.965. The van der Waals surface area contributed by atoms with Gasteiger partial charge in [-0.2, -0.15) is 12.6 Å². The Morgan fingerprint density at radius 1 is 0.833 bits per heavy atom. The topological polar surface area (TPSA) is 224 Å². The highest BCUT2D eigenvalue weighted by Gasteiger charge is 2.31. The number of aromatic nitrogens is 1. The van der Waals surface area contributed by atoms with Crippen LogP contribution >= 0.6 is 12.6 Å². The van der Waals surface area contributed by atoms with E-state index in [-0.39, 0.29) is 30.8 Å². The van der Waals surface area contributed by atoms with Gasteiger partial charge in [-0.25, -0.2) is 4.79 Å². The molecule has 0 saturated heterocycles. The van der Waals surface area contributed by atoms with Crippen LogP contribution in [0.1, 0.15) is 24.0 Å². The quantitative estimate of drug-likeness (QED) is 0.110. The number of phenolic OH excluding ortho intramolecular Hbond substituents is 1. The van der Waals surface area contributed by atoms with E-state index in [9.17, 15) is 34.2 Å². The van der Waals surface area contributed by atoms with Crippen molar-refractivity contribution in [3.05, 3.63) is 65.9 Å². The number of hydrogen-bond donors (Lipinski definition) is 9. The second-order valence-electron chi connectivity index (χ2n) is 9.68. The molecule has 42 heavy (non-hydrogen) atoms. The molecule has 0 aliphatic heterocycles. The average Bonchev–Trinajstić information content (AvgIpc) is 3.36. The Morgan fingerprint density at radius 3 is 2.10 bits per heavy atom. The zero-order valence-electron chi connectivity index (χ0n) is 22.4. The van der Waals surface area contributed by atoms with Crippen molar-refractivity contribution < 1.29 is 39.3 Å². The highest BCUT2D eigenvalue weighted by Crippen LogP contribution is 2.19. The minimum atomic E-state index is -1.41. The summed E-state index contributed by atoms with van der Waals surface area (Å²) in [6, 6.07) is 8.37. The molecule has 3 rings (SSSR count). The molecule has 4 unspecified atom stereocenters. The number of rotatable bonds is 15. The van der Waals surface area contributed by atoms with Gasteiger partial charge in [-0.15, -0.1) is 0 Å². The van der Waals surface area contributed by atoms with Gasteiger partial charge in [0.25, 0.3) is 0 Å². The lowest BCUT2D eigenvalue weighted by Crippen LogP contribution is -2.58. The van der Waals surface area contributed by atoms with Crippen molar-refractivity contribution in [1.29, 1.82) is 0 Å². The van der Waals surface area contributed by atoms with E-state index in [1.807, 2.05) is 24.3 Å². The molecule has 13 nitrogen and oxygen atoms in total. The van der Waals surface area contributed by atoms with E-state index in [1.165, 1.54) is 12.1 Å². The smallest absolute Gasteiger partial charge is 0.327 e. The number of hydrogen-bond acceptors (Lipinski definition) is 8. The maximum atomic E-state index is 13.5. The van der Waals surface area contributed by atoms with Crippen molar-refractivity contribution in [3.8, 4) is 5.75 Å². The fourth-order valence-electron chi connectivity index (χ4n) is 4.25. The molecular formula is C28H33N5O8S. The van der Waals surface area contributed by atoms with Gasteiger partial charge < -0.3 is 42.0 Å². The van der Waals surface area contributed by atoms with Gasteiger partial charge >= 0.3 is 11.9 Å². The number of aromatic amines is 1. The number of aliphatic carboxylic acids is 2. The van der Waals surface area contributed by atoms with E-state index in [0.717, 1.165) is 10.9 Å². The molecule has 14 heteroatoms. The number of amides is 3. The number of thiol groups is 1. The number of carboxylic acids is 2. The number of aromatic hydroxyl groups is 1. The molecule has 0 spiro atoms. The molecule has 3 aromatic rings. The Kier molecular flexibility index (Phi) is 11.3. The van der Waals surface area contributed by atoms with Crippen molar-refractivity contribution in [2.75, 3.05) is 5.75 Å². The fraction of sp³-hybridized carbons (Fsp3) is 0.321. The van der Waals surface area contributed by atoms with Crippen LogP contribution in [0.3, 0.4) is 0 Å². The number of carbonyl (C=O) groups excluding carboxylic acids is 3. The summed E-state index contributed by atoms with van der Waals surface area (Å²) in [5.74, 6) is -5.13. The number of benzene rings is 2. The van der Waals surface area contributed by atoms with Crippen LogP contribution in [0, 0.1) is 0 Å². The zero-order chi connectivity index (χ0) is 30.8. The SMILES string of the molecule is NC(Cc1ccc(O)cc1)C(=O)NC(Cc1c[nH]c2ccccc12)C(=O)NC(CCC(=O)O)C(=O)NC(CS)C(=O)O. The van der Waals surface area contributed by atoms with E-state index < -0.39 is 60.2 Å². The van der Waals surface area contributed by atoms with Crippen molar-refractivity contribution in [2.45, 2.75) is 49.9 Å². The minimum Gasteiger partial charge on any atom is -0.508 e. The second kappa shape index (κ2) is 14.9. The van der Waals surface area contributed by atoms with Gasteiger partial charge in [0.05, 0.1) is 6.04 Å². The van der Waals surface area contributed by atoms with Gasteiger partial charge in [0, 0.05) is 35.7 Å². The van der Waals surface area contributed by atoms with E-state index >= 15 is 0 Å². The van der Waals surface area contributed by atoms with Crippen LogP contribution < -0.4 is 21.7 Å². The summed E-state index contributed by atoms with van der Waals surface area (Å²) < 4.78 is 0. The van der Waals surface area contributed by atoms with Crippen molar-refractivity contribution in [1.82, 2.24) is 20.9 Å². The van der Waals surface area contributed by atoms with Crippen LogP contribution in [0.15, 0.2) is 54.7 Å². The molecule has 0 radical (unpaired) electrons. The molecule has 2 aromatic carbocycles.